The van der Waals surface area contributed by atoms with Crippen LogP contribution in [0.3, 0.4) is 0 Å². The molecule has 0 saturated carbocycles. The molecule has 160 valence electrons. The molecule has 1 unspecified atom stereocenters. The first-order valence-electron chi connectivity index (χ1n) is 9.85. The second kappa shape index (κ2) is 11.1. The third-order valence-corrected chi connectivity index (χ3v) is 6.04. The van der Waals surface area contributed by atoms with Crippen LogP contribution in [-0.2, 0) is 19.1 Å². The molecule has 1 heterocycles. The first kappa shape index (κ1) is 23.1. The fourth-order valence-corrected chi connectivity index (χ4v) is 4.21. The topological polar surface area (TPSA) is 76.2 Å². The summed E-state index contributed by atoms with van der Waals surface area (Å²) >= 11 is 1.45. The van der Waals surface area contributed by atoms with Crippen molar-refractivity contribution in [2.75, 3.05) is 40.4 Å². The molecule has 2 amide bonds. The number of benzene rings is 1. The summed E-state index contributed by atoms with van der Waals surface area (Å²) in [5, 5.41) is -0.309. The van der Waals surface area contributed by atoms with Gasteiger partial charge < -0.3 is 19.3 Å². The molecule has 0 aromatic heterocycles. The third-order valence-electron chi connectivity index (χ3n) is 4.94. The van der Waals surface area contributed by atoms with Crippen LogP contribution < -0.4 is 4.74 Å². The van der Waals surface area contributed by atoms with E-state index in [4.69, 9.17) is 9.47 Å². The van der Waals surface area contributed by atoms with Crippen molar-refractivity contribution in [1.82, 2.24) is 9.80 Å². The van der Waals surface area contributed by atoms with Crippen LogP contribution in [0.15, 0.2) is 29.2 Å². The minimum absolute atomic E-state index is 0.0381. The van der Waals surface area contributed by atoms with Crippen molar-refractivity contribution in [1.29, 1.82) is 0 Å². The Hall–Kier alpha value is -2.22. The number of methoxy groups -OCH3 is 1. The number of carbonyl (C=O) groups excluding carboxylic acids is 3. The Labute approximate surface area is 176 Å². The Morgan fingerprint density at radius 2 is 1.83 bits per heavy atom. The van der Waals surface area contributed by atoms with E-state index in [2.05, 4.69) is 0 Å². The number of likely N-dealkylation sites (tertiary alicyclic amines) is 1. The molecule has 1 atom stereocenters. The van der Waals surface area contributed by atoms with E-state index in [1.165, 1.54) is 16.7 Å². The van der Waals surface area contributed by atoms with E-state index < -0.39 is 0 Å². The van der Waals surface area contributed by atoms with Gasteiger partial charge in [-0.3, -0.25) is 14.4 Å². The van der Waals surface area contributed by atoms with Gasteiger partial charge >= 0.3 is 5.97 Å². The number of ether oxygens (including phenoxy) is 2. The van der Waals surface area contributed by atoms with Crippen LogP contribution in [0.1, 0.15) is 26.7 Å². The van der Waals surface area contributed by atoms with E-state index in [9.17, 15) is 14.4 Å². The molecule has 1 aromatic rings. The predicted octanol–water partition coefficient (Wildman–Crippen LogP) is 2.44. The summed E-state index contributed by atoms with van der Waals surface area (Å²) in [6.45, 7) is 5.06. The van der Waals surface area contributed by atoms with Crippen molar-refractivity contribution in [3.8, 4) is 5.75 Å². The number of hydrogen-bond donors (Lipinski definition) is 0. The van der Waals surface area contributed by atoms with E-state index in [0.29, 0.717) is 32.5 Å². The van der Waals surface area contributed by atoms with Gasteiger partial charge in [0.2, 0.25) is 11.8 Å². The lowest BCUT2D eigenvalue weighted by atomic mass is 9.97. The fourth-order valence-electron chi connectivity index (χ4n) is 3.22. The number of amides is 2. The van der Waals surface area contributed by atoms with E-state index in [1.54, 1.807) is 26.0 Å². The summed E-state index contributed by atoms with van der Waals surface area (Å²) in [5.74, 6) is 0.253. The van der Waals surface area contributed by atoms with Gasteiger partial charge in [0.1, 0.15) is 5.75 Å². The summed E-state index contributed by atoms with van der Waals surface area (Å²) in [4.78, 5) is 41.2. The Bertz CT molecular complexity index is 702. The van der Waals surface area contributed by atoms with Gasteiger partial charge in [0, 0.05) is 25.0 Å². The van der Waals surface area contributed by atoms with Gasteiger partial charge in [-0.2, -0.15) is 0 Å². The lowest BCUT2D eigenvalue weighted by Crippen LogP contribution is -2.46. The normalized spacial score (nSPS) is 15.5. The number of carbonyl (C=O) groups is 3. The lowest BCUT2D eigenvalue weighted by Gasteiger charge is -2.32. The maximum absolute atomic E-state index is 12.7. The minimum Gasteiger partial charge on any atom is -0.497 e. The highest BCUT2D eigenvalue weighted by Crippen LogP contribution is 2.26. The molecule has 7 nitrogen and oxygen atoms in total. The quantitative estimate of drug-likeness (QED) is 0.473. The molecule has 29 heavy (non-hydrogen) atoms. The highest BCUT2D eigenvalue weighted by molar-refractivity contribution is 8.00. The molecule has 0 bridgehead atoms. The van der Waals surface area contributed by atoms with Gasteiger partial charge in [-0.05, 0) is 51.0 Å². The monoisotopic (exact) mass is 422 g/mol. The zero-order chi connectivity index (χ0) is 21.4. The van der Waals surface area contributed by atoms with Crippen molar-refractivity contribution in [2.45, 2.75) is 36.8 Å². The Kier molecular flexibility index (Phi) is 8.82. The molecule has 0 aliphatic carbocycles. The van der Waals surface area contributed by atoms with Crippen LogP contribution in [0.5, 0.6) is 5.75 Å². The van der Waals surface area contributed by atoms with Crippen LogP contribution in [0, 0.1) is 5.92 Å². The number of likely N-dealkylation sites (N-methyl/N-ethyl adjacent to an activating group) is 1. The second-order valence-corrected chi connectivity index (χ2v) is 8.45. The van der Waals surface area contributed by atoms with Crippen LogP contribution in [0.4, 0.5) is 0 Å². The average molecular weight is 423 g/mol. The molecule has 0 N–H and O–H groups in total. The van der Waals surface area contributed by atoms with Gasteiger partial charge in [0.15, 0.2) is 0 Å². The van der Waals surface area contributed by atoms with E-state index in [1.807, 2.05) is 31.2 Å². The molecule has 0 spiro atoms. The SMILES string of the molecule is CCOC(=O)C1CCN(C(=O)CN(C)C(=O)C(C)Sc2ccc(OC)cc2)CC1. The predicted molar refractivity (Wildman–Crippen MR) is 112 cm³/mol. The molecular weight excluding hydrogens is 392 g/mol. The second-order valence-electron chi connectivity index (χ2n) is 7.04. The summed E-state index contributed by atoms with van der Waals surface area (Å²) in [6, 6.07) is 7.53. The number of piperidine rings is 1. The van der Waals surface area contributed by atoms with Crippen LogP contribution in [-0.4, -0.2) is 73.2 Å². The maximum atomic E-state index is 12.7. The van der Waals surface area contributed by atoms with Crippen molar-refractivity contribution >= 4 is 29.5 Å². The number of rotatable bonds is 8. The van der Waals surface area contributed by atoms with Crippen molar-refractivity contribution in [3.05, 3.63) is 24.3 Å². The standard InChI is InChI=1S/C21H30N2O5S/c1-5-28-21(26)16-10-12-23(13-11-16)19(24)14-22(3)20(25)15(2)29-18-8-6-17(27-4)7-9-18/h6-9,15-16H,5,10-14H2,1-4H3. The van der Waals surface area contributed by atoms with E-state index >= 15 is 0 Å². The van der Waals surface area contributed by atoms with Crippen LogP contribution in [0.25, 0.3) is 0 Å². The van der Waals surface area contributed by atoms with Crippen molar-refractivity contribution in [2.24, 2.45) is 5.92 Å². The molecule has 1 aromatic carbocycles. The number of hydrogen-bond acceptors (Lipinski definition) is 6. The maximum Gasteiger partial charge on any atom is 0.309 e. The fraction of sp³-hybridized carbons (Fsp3) is 0.571. The Balaban J connectivity index is 1.80. The smallest absolute Gasteiger partial charge is 0.309 e. The molecule has 1 saturated heterocycles. The molecular formula is C21H30N2O5S. The van der Waals surface area contributed by atoms with Gasteiger partial charge in [-0.25, -0.2) is 0 Å². The summed E-state index contributed by atoms with van der Waals surface area (Å²) in [5.41, 5.74) is 0. The van der Waals surface area contributed by atoms with Gasteiger partial charge in [0.05, 0.1) is 31.4 Å². The number of esters is 1. The largest absolute Gasteiger partial charge is 0.497 e. The zero-order valence-corrected chi connectivity index (χ0v) is 18.4. The van der Waals surface area contributed by atoms with Gasteiger partial charge in [0.25, 0.3) is 0 Å². The minimum atomic E-state index is -0.309. The highest BCUT2D eigenvalue weighted by Gasteiger charge is 2.29. The Morgan fingerprint density at radius 1 is 1.21 bits per heavy atom. The Morgan fingerprint density at radius 3 is 2.38 bits per heavy atom. The first-order valence-corrected chi connectivity index (χ1v) is 10.7. The number of thioether (sulfide) groups is 1. The summed E-state index contributed by atoms with van der Waals surface area (Å²) in [6.07, 6.45) is 1.21. The van der Waals surface area contributed by atoms with E-state index in [-0.39, 0.29) is 35.5 Å². The van der Waals surface area contributed by atoms with E-state index in [0.717, 1.165) is 10.6 Å². The van der Waals surface area contributed by atoms with Crippen LogP contribution in [0.2, 0.25) is 0 Å². The molecule has 2 rings (SSSR count). The lowest BCUT2D eigenvalue weighted by molar-refractivity contribution is -0.151. The van der Waals surface area contributed by atoms with Crippen molar-refractivity contribution < 1.29 is 23.9 Å². The molecule has 0 radical (unpaired) electrons. The first-order chi connectivity index (χ1) is 13.8. The van der Waals surface area contributed by atoms with Crippen LogP contribution >= 0.6 is 11.8 Å². The van der Waals surface area contributed by atoms with Crippen molar-refractivity contribution in [3.63, 3.8) is 0 Å². The summed E-state index contributed by atoms with van der Waals surface area (Å²) < 4.78 is 10.2. The molecule has 1 fully saturated rings. The molecule has 1 aliphatic heterocycles. The zero-order valence-electron chi connectivity index (χ0n) is 17.6. The average Bonchev–Trinajstić information content (AvgIpc) is 2.73. The number of nitrogens with zero attached hydrogens (tertiary/aromatic N) is 2. The molecule has 1 aliphatic rings. The summed E-state index contributed by atoms with van der Waals surface area (Å²) in [7, 11) is 3.26. The third kappa shape index (κ3) is 6.66. The highest BCUT2D eigenvalue weighted by atomic mass is 32.2. The van der Waals surface area contributed by atoms with Gasteiger partial charge in [-0.15, -0.1) is 11.8 Å². The van der Waals surface area contributed by atoms with Gasteiger partial charge in [-0.1, -0.05) is 0 Å². The molecule has 8 heteroatoms.